The topological polar surface area (TPSA) is 90.9 Å². The number of hydrogen-bond donors (Lipinski definition) is 1. The number of anilines is 1. The summed E-state index contributed by atoms with van der Waals surface area (Å²) in [6.45, 7) is 7.53. The van der Waals surface area contributed by atoms with Crippen LogP contribution in [0.1, 0.15) is 67.5 Å². The highest BCUT2D eigenvalue weighted by Crippen LogP contribution is 2.39. The highest BCUT2D eigenvalue weighted by atomic mass is 32.1. The van der Waals surface area contributed by atoms with Crippen LogP contribution in [0.3, 0.4) is 0 Å². The summed E-state index contributed by atoms with van der Waals surface area (Å²) in [5.74, 6) is -1.55. The lowest BCUT2D eigenvalue weighted by Crippen LogP contribution is -2.14. The van der Waals surface area contributed by atoms with Crippen LogP contribution in [0, 0.1) is 6.92 Å². The Morgan fingerprint density at radius 3 is 2.77 bits per heavy atom. The highest BCUT2D eigenvalue weighted by Gasteiger charge is 2.34. The summed E-state index contributed by atoms with van der Waals surface area (Å²) in [6.07, 6.45) is 2.31. The zero-order valence-electron chi connectivity index (χ0n) is 16.9. The number of hydrogen-bond acceptors (Lipinski definition) is 8. The molecule has 1 aliphatic heterocycles. The molecule has 0 bridgehead atoms. The van der Waals surface area contributed by atoms with Gasteiger partial charge in [-0.1, -0.05) is 44.2 Å². The van der Waals surface area contributed by atoms with Gasteiger partial charge in [-0.15, -0.1) is 11.3 Å². The molecule has 1 aliphatic rings. The number of unbranched alkanes of at least 4 members (excludes halogenated alkanes) is 1. The van der Waals surface area contributed by atoms with Crippen molar-refractivity contribution in [2.75, 3.05) is 18.5 Å². The molecule has 8 heteroatoms. The summed E-state index contributed by atoms with van der Waals surface area (Å²) in [7, 11) is 0. The highest BCUT2D eigenvalue weighted by molar-refractivity contribution is 7.18. The van der Waals surface area contributed by atoms with Crippen molar-refractivity contribution >= 4 is 34.2 Å². The molecule has 30 heavy (non-hydrogen) atoms. The van der Waals surface area contributed by atoms with Crippen molar-refractivity contribution in [3.05, 3.63) is 64.1 Å². The Labute approximate surface area is 178 Å². The van der Waals surface area contributed by atoms with Gasteiger partial charge in [-0.05, 0) is 25.0 Å². The van der Waals surface area contributed by atoms with Crippen LogP contribution in [0.5, 0.6) is 0 Å². The minimum atomic E-state index is -0.772. The van der Waals surface area contributed by atoms with Crippen LogP contribution in [0.15, 0.2) is 36.9 Å². The minimum absolute atomic E-state index is 0.0584. The van der Waals surface area contributed by atoms with Gasteiger partial charge >= 0.3 is 17.9 Å². The molecule has 1 atom stereocenters. The third-order valence-corrected chi connectivity index (χ3v) is 5.75. The SMILES string of the molecule is C=CCOC(=O)c1sc(NC2OC(=O)c3ccccc32)c(C(=O)OCCCC)c1C. The number of carbonyl (C=O) groups is 3. The van der Waals surface area contributed by atoms with Crippen LogP contribution in [-0.2, 0) is 14.2 Å². The fourth-order valence-electron chi connectivity index (χ4n) is 3.01. The summed E-state index contributed by atoms with van der Waals surface area (Å²) in [5, 5.41) is 3.47. The number of thiophene rings is 1. The summed E-state index contributed by atoms with van der Waals surface area (Å²) < 4.78 is 15.9. The maximum Gasteiger partial charge on any atom is 0.348 e. The van der Waals surface area contributed by atoms with Crippen LogP contribution in [0.2, 0.25) is 0 Å². The third-order valence-electron chi connectivity index (χ3n) is 4.55. The Bertz CT molecular complexity index is 980. The molecule has 3 rings (SSSR count). The van der Waals surface area contributed by atoms with Crippen molar-refractivity contribution in [1.29, 1.82) is 0 Å². The van der Waals surface area contributed by atoms with Crippen molar-refractivity contribution < 1.29 is 28.6 Å². The Morgan fingerprint density at radius 1 is 1.27 bits per heavy atom. The predicted molar refractivity (Wildman–Crippen MR) is 113 cm³/mol. The number of fused-ring (bicyclic) bond motifs is 1. The van der Waals surface area contributed by atoms with Crippen LogP contribution in [-0.4, -0.2) is 31.1 Å². The summed E-state index contributed by atoms with van der Waals surface area (Å²) in [4.78, 5) is 37.6. The Balaban J connectivity index is 1.93. The second-order valence-corrected chi connectivity index (χ2v) is 7.67. The largest absolute Gasteiger partial charge is 0.462 e. The summed E-state index contributed by atoms with van der Waals surface area (Å²) in [5.41, 5.74) is 1.81. The van der Waals surface area contributed by atoms with Gasteiger partial charge in [-0.3, -0.25) is 0 Å². The van der Waals surface area contributed by atoms with E-state index in [1.165, 1.54) is 6.08 Å². The average molecular weight is 429 g/mol. The van der Waals surface area contributed by atoms with Gasteiger partial charge < -0.3 is 19.5 Å². The molecule has 0 aliphatic carbocycles. The fourth-order valence-corrected chi connectivity index (χ4v) is 4.11. The van der Waals surface area contributed by atoms with Crippen LogP contribution >= 0.6 is 11.3 Å². The van der Waals surface area contributed by atoms with E-state index in [1.54, 1.807) is 31.2 Å². The molecule has 1 N–H and O–H groups in total. The lowest BCUT2D eigenvalue weighted by molar-refractivity contribution is 0.0436. The number of carbonyl (C=O) groups excluding carboxylic acids is 3. The molecule has 158 valence electrons. The van der Waals surface area contributed by atoms with Crippen molar-refractivity contribution in [3.8, 4) is 0 Å². The first-order chi connectivity index (χ1) is 14.5. The van der Waals surface area contributed by atoms with Crippen molar-refractivity contribution in [2.24, 2.45) is 0 Å². The number of ether oxygens (including phenoxy) is 3. The van der Waals surface area contributed by atoms with E-state index in [1.807, 2.05) is 6.92 Å². The van der Waals surface area contributed by atoms with Crippen molar-refractivity contribution in [2.45, 2.75) is 32.9 Å². The van der Waals surface area contributed by atoms with Crippen LogP contribution < -0.4 is 5.32 Å². The molecule has 0 saturated heterocycles. The number of nitrogens with one attached hydrogen (secondary N) is 1. The molecule has 0 saturated carbocycles. The molecule has 1 aromatic carbocycles. The molecule has 1 unspecified atom stereocenters. The standard InChI is InChI=1S/C22H23NO6S/c1-4-6-12-28-21(25)16-13(3)17(22(26)27-11-5-2)30-19(16)23-18-14-9-7-8-10-15(14)20(24)29-18/h5,7-10,18,23H,2,4,6,11-12H2,1,3H3. The van der Waals surface area contributed by atoms with Gasteiger partial charge in [0.25, 0.3) is 0 Å². The summed E-state index contributed by atoms with van der Waals surface area (Å²) in [6, 6.07) is 7.00. The quantitative estimate of drug-likeness (QED) is 0.269. The first-order valence-corrected chi connectivity index (χ1v) is 10.4. The maximum atomic E-state index is 12.8. The molecule has 0 radical (unpaired) electrons. The normalized spacial score (nSPS) is 14.6. The van der Waals surface area contributed by atoms with Gasteiger partial charge in [-0.25, -0.2) is 14.4 Å². The second-order valence-electron chi connectivity index (χ2n) is 6.65. The Kier molecular flexibility index (Phi) is 6.89. The monoisotopic (exact) mass is 429 g/mol. The lowest BCUT2D eigenvalue weighted by Gasteiger charge is -2.14. The number of esters is 3. The van der Waals surface area contributed by atoms with Gasteiger partial charge in [-0.2, -0.15) is 0 Å². The van der Waals surface area contributed by atoms with Gasteiger partial charge in [0, 0.05) is 5.56 Å². The van der Waals surface area contributed by atoms with Gasteiger partial charge in [0.2, 0.25) is 6.23 Å². The molecule has 2 aromatic rings. The maximum absolute atomic E-state index is 12.8. The van der Waals surface area contributed by atoms with E-state index in [2.05, 4.69) is 11.9 Å². The molecular weight excluding hydrogens is 406 g/mol. The molecule has 7 nitrogen and oxygen atoms in total. The van der Waals surface area contributed by atoms with Crippen molar-refractivity contribution in [3.63, 3.8) is 0 Å². The van der Waals surface area contributed by atoms with Crippen LogP contribution in [0.25, 0.3) is 0 Å². The van der Waals surface area contributed by atoms with E-state index in [0.29, 0.717) is 21.7 Å². The zero-order chi connectivity index (χ0) is 21.7. The van der Waals surface area contributed by atoms with E-state index in [0.717, 1.165) is 24.2 Å². The molecule has 0 amide bonds. The first-order valence-electron chi connectivity index (χ1n) is 9.62. The predicted octanol–water partition coefficient (Wildman–Crippen LogP) is 4.64. The van der Waals surface area contributed by atoms with E-state index in [-0.39, 0.29) is 23.7 Å². The third kappa shape index (κ3) is 4.38. The molecule has 0 fully saturated rings. The summed E-state index contributed by atoms with van der Waals surface area (Å²) >= 11 is 1.06. The van der Waals surface area contributed by atoms with E-state index in [4.69, 9.17) is 14.2 Å². The Morgan fingerprint density at radius 2 is 2.03 bits per heavy atom. The molecule has 0 spiro atoms. The molecular formula is C22H23NO6S. The molecule has 1 aromatic heterocycles. The number of rotatable bonds is 9. The number of benzene rings is 1. The van der Waals surface area contributed by atoms with E-state index in [9.17, 15) is 14.4 Å². The second kappa shape index (κ2) is 9.58. The van der Waals surface area contributed by atoms with Gasteiger partial charge in [0.05, 0.1) is 17.7 Å². The van der Waals surface area contributed by atoms with Crippen LogP contribution in [0.4, 0.5) is 5.00 Å². The van der Waals surface area contributed by atoms with Crippen molar-refractivity contribution in [1.82, 2.24) is 0 Å². The smallest absolute Gasteiger partial charge is 0.348 e. The first kappa shape index (κ1) is 21.6. The van der Waals surface area contributed by atoms with Gasteiger partial charge in [0.15, 0.2) is 0 Å². The Hall–Kier alpha value is -3.13. The van der Waals surface area contributed by atoms with Gasteiger partial charge in [0.1, 0.15) is 16.5 Å². The van der Waals surface area contributed by atoms with E-state index < -0.39 is 24.1 Å². The molecule has 2 heterocycles. The lowest BCUT2D eigenvalue weighted by atomic mass is 10.1. The average Bonchev–Trinajstić information content (AvgIpc) is 3.23. The number of cyclic esters (lactones) is 1. The fraction of sp³-hybridized carbons (Fsp3) is 0.318. The minimum Gasteiger partial charge on any atom is -0.462 e. The zero-order valence-corrected chi connectivity index (χ0v) is 17.7. The van der Waals surface area contributed by atoms with E-state index >= 15 is 0 Å².